The average molecular weight is 300 g/mol. The largest absolute Gasteiger partial charge is 0.376 e. The number of carbonyl (C=O) groups is 1. The summed E-state index contributed by atoms with van der Waals surface area (Å²) in [7, 11) is 0. The molecule has 1 aromatic carbocycles. The van der Waals surface area contributed by atoms with Crippen molar-refractivity contribution in [3.63, 3.8) is 0 Å². The number of carbonyl (C=O) groups excluding carboxylic acids is 1. The van der Waals surface area contributed by atoms with Crippen molar-refractivity contribution in [1.82, 2.24) is 10.3 Å². The van der Waals surface area contributed by atoms with E-state index in [4.69, 9.17) is 4.74 Å². The molecule has 4 nitrogen and oxygen atoms in total. The third kappa shape index (κ3) is 3.17. The summed E-state index contributed by atoms with van der Waals surface area (Å²) in [4.78, 5) is 15.5. The Bertz CT molecular complexity index is 676. The molecule has 22 heavy (non-hydrogen) atoms. The van der Waals surface area contributed by atoms with E-state index < -0.39 is 0 Å². The molecule has 2 aromatic rings. The lowest BCUT2D eigenvalue weighted by molar-refractivity contribution is 0.0854. The fraction of sp³-hybridized carbons (Fsp3) is 0.500. The first-order valence-corrected chi connectivity index (χ1v) is 7.96. The highest BCUT2D eigenvalue weighted by Gasteiger charge is 2.18. The molecule has 1 aliphatic rings. The molecule has 2 N–H and O–H groups in total. The third-order valence-corrected chi connectivity index (χ3v) is 4.25. The Kier molecular flexibility index (Phi) is 3.96. The van der Waals surface area contributed by atoms with Crippen molar-refractivity contribution in [2.24, 2.45) is 0 Å². The SMILES string of the molecule is CC(C)(C)c1ccc2cc(C(=O)NCC3CCCO3)[nH]c2c1. The first-order chi connectivity index (χ1) is 10.4. The van der Waals surface area contributed by atoms with Gasteiger partial charge in [0.05, 0.1) is 6.10 Å². The molecule has 0 spiro atoms. The van der Waals surface area contributed by atoms with E-state index in [1.807, 2.05) is 6.07 Å². The van der Waals surface area contributed by atoms with Gasteiger partial charge in [-0.15, -0.1) is 0 Å². The summed E-state index contributed by atoms with van der Waals surface area (Å²) in [6.45, 7) is 7.95. The van der Waals surface area contributed by atoms with E-state index in [1.54, 1.807) is 0 Å². The molecular formula is C18H24N2O2. The maximum Gasteiger partial charge on any atom is 0.267 e. The van der Waals surface area contributed by atoms with Crippen LogP contribution < -0.4 is 5.32 Å². The van der Waals surface area contributed by atoms with Gasteiger partial charge in [-0.1, -0.05) is 32.9 Å². The van der Waals surface area contributed by atoms with E-state index in [9.17, 15) is 4.79 Å². The number of benzene rings is 1. The number of fused-ring (bicyclic) bond motifs is 1. The summed E-state index contributed by atoms with van der Waals surface area (Å²) in [6.07, 6.45) is 2.28. The number of nitrogens with one attached hydrogen (secondary N) is 2. The number of amides is 1. The van der Waals surface area contributed by atoms with Crippen molar-refractivity contribution < 1.29 is 9.53 Å². The summed E-state index contributed by atoms with van der Waals surface area (Å²) in [5.41, 5.74) is 2.98. The monoisotopic (exact) mass is 300 g/mol. The molecule has 3 rings (SSSR count). The van der Waals surface area contributed by atoms with Crippen LogP contribution in [0.5, 0.6) is 0 Å². The van der Waals surface area contributed by atoms with E-state index >= 15 is 0 Å². The van der Waals surface area contributed by atoms with E-state index in [0.29, 0.717) is 12.2 Å². The summed E-state index contributed by atoms with van der Waals surface area (Å²) in [6, 6.07) is 8.24. The number of ether oxygens (including phenoxy) is 1. The molecule has 4 heteroatoms. The van der Waals surface area contributed by atoms with Gasteiger partial charge in [0, 0.05) is 24.1 Å². The normalized spacial score (nSPS) is 18.8. The van der Waals surface area contributed by atoms with Crippen molar-refractivity contribution in [2.45, 2.75) is 45.1 Å². The van der Waals surface area contributed by atoms with Crippen molar-refractivity contribution in [2.75, 3.05) is 13.2 Å². The standard InChI is InChI=1S/C18H24N2O2/c1-18(2,3)13-7-6-12-9-16(20-15(12)10-13)17(21)19-11-14-5-4-8-22-14/h6-7,9-10,14,20H,4-5,8,11H2,1-3H3,(H,19,21). The smallest absolute Gasteiger partial charge is 0.267 e. The highest BCUT2D eigenvalue weighted by atomic mass is 16.5. The molecule has 1 fully saturated rings. The number of H-pyrrole nitrogens is 1. The topological polar surface area (TPSA) is 54.1 Å². The molecular weight excluding hydrogens is 276 g/mol. The predicted octanol–water partition coefficient (Wildman–Crippen LogP) is 3.37. The molecule has 0 radical (unpaired) electrons. The molecule has 1 aliphatic heterocycles. The maximum atomic E-state index is 12.3. The van der Waals surface area contributed by atoms with Crippen LogP contribution in [-0.2, 0) is 10.2 Å². The zero-order valence-corrected chi connectivity index (χ0v) is 13.5. The Morgan fingerprint density at radius 1 is 1.36 bits per heavy atom. The first kappa shape index (κ1) is 15.1. The number of aromatic amines is 1. The van der Waals surface area contributed by atoms with Crippen LogP contribution in [0, 0.1) is 0 Å². The second kappa shape index (κ2) is 5.76. The molecule has 1 atom stereocenters. The molecule has 0 saturated carbocycles. The van der Waals surface area contributed by atoms with Gasteiger partial charge in [0.15, 0.2) is 0 Å². The molecule has 1 amide bonds. The van der Waals surface area contributed by atoms with Gasteiger partial charge in [-0.25, -0.2) is 0 Å². The summed E-state index contributed by atoms with van der Waals surface area (Å²) < 4.78 is 5.53. The van der Waals surface area contributed by atoms with Crippen molar-refractivity contribution in [1.29, 1.82) is 0 Å². The molecule has 0 bridgehead atoms. The van der Waals surface area contributed by atoms with E-state index in [0.717, 1.165) is 30.4 Å². The minimum Gasteiger partial charge on any atom is -0.376 e. The molecule has 1 aromatic heterocycles. The second-order valence-electron chi connectivity index (χ2n) is 7.08. The maximum absolute atomic E-state index is 12.3. The predicted molar refractivity (Wildman–Crippen MR) is 88.3 cm³/mol. The van der Waals surface area contributed by atoms with E-state index in [-0.39, 0.29) is 17.4 Å². The zero-order chi connectivity index (χ0) is 15.7. The van der Waals surface area contributed by atoms with E-state index in [2.05, 4.69) is 49.3 Å². The zero-order valence-electron chi connectivity index (χ0n) is 13.5. The summed E-state index contributed by atoms with van der Waals surface area (Å²) >= 11 is 0. The minimum absolute atomic E-state index is 0.0657. The van der Waals surface area contributed by atoms with Crippen LogP contribution in [0.15, 0.2) is 24.3 Å². The van der Waals surface area contributed by atoms with Gasteiger partial charge in [-0.3, -0.25) is 4.79 Å². The lowest BCUT2D eigenvalue weighted by atomic mass is 9.87. The van der Waals surface area contributed by atoms with Crippen LogP contribution in [0.4, 0.5) is 0 Å². The van der Waals surface area contributed by atoms with Crippen LogP contribution in [0.25, 0.3) is 10.9 Å². The third-order valence-electron chi connectivity index (χ3n) is 4.25. The van der Waals surface area contributed by atoms with Crippen LogP contribution in [0.3, 0.4) is 0 Å². The summed E-state index contributed by atoms with van der Waals surface area (Å²) in [5, 5.41) is 4.02. The second-order valence-corrected chi connectivity index (χ2v) is 7.08. The van der Waals surface area contributed by atoms with Crippen molar-refractivity contribution in [3.05, 3.63) is 35.5 Å². The highest BCUT2D eigenvalue weighted by Crippen LogP contribution is 2.26. The van der Waals surface area contributed by atoms with Crippen molar-refractivity contribution in [3.8, 4) is 0 Å². The van der Waals surface area contributed by atoms with Gasteiger partial charge in [0.25, 0.3) is 5.91 Å². The minimum atomic E-state index is -0.0657. The Labute approximate surface area is 131 Å². The number of hydrogen-bond acceptors (Lipinski definition) is 2. The summed E-state index contributed by atoms with van der Waals surface area (Å²) in [5.74, 6) is -0.0657. The number of rotatable bonds is 3. The van der Waals surface area contributed by atoms with Crippen LogP contribution >= 0.6 is 0 Å². The van der Waals surface area contributed by atoms with Crippen LogP contribution in [-0.4, -0.2) is 30.1 Å². The lowest BCUT2D eigenvalue weighted by Crippen LogP contribution is -2.31. The first-order valence-electron chi connectivity index (χ1n) is 7.96. The fourth-order valence-electron chi connectivity index (χ4n) is 2.82. The highest BCUT2D eigenvalue weighted by molar-refractivity contribution is 5.98. The van der Waals surface area contributed by atoms with Crippen molar-refractivity contribution >= 4 is 16.8 Å². The lowest BCUT2D eigenvalue weighted by Gasteiger charge is -2.18. The molecule has 0 aliphatic carbocycles. The van der Waals surface area contributed by atoms with E-state index in [1.165, 1.54) is 5.56 Å². The van der Waals surface area contributed by atoms with Gasteiger partial charge in [0.1, 0.15) is 5.69 Å². The van der Waals surface area contributed by atoms with Gasteiger partial charge >= 0.3 is 0 Å². The fourth-order valence-corrected chi connectivity index (χ4v) is 2.82. The van der Waals surface area contributed by atoms with Gasteiger partial charge in [-0.2, -0.15) is 0 Å². The van der Waals surface area contributed by atoms with Gasteiger partial charge in [0.2, 0.25) is 0 Å². The molecule has 1 saturated heterocycles. The quantitative estimate of drug-likeness (QED) is 0.913. The average Bonchev–Trinajstić information content (AvgIpc) is 3.11. The Morgan fingerprint density at radius 3 is 2.86 bits per heavy atom. The Morgan fingerprint density at radius 2 is 2.18 bits per heavy atom. The number of hydrogen-bond donors (Lipinski definition) is 2. The van der Waals surface area contributed by atoms with Crippen LogP contribution in [0.1, 0.15) is 49.7 Å². The molecule has 118 valence electrons. The van der Waals surface area contributed by atoms with Crippen LogP contribution in [0.2, 0.25) is 0 Å². The Balaban J connectivity index is 1.74. The molecule has 2 heterocycles. The van der Waals surface area contributed by atoms with Gasteiger partial charge in [-0.05, 0) is 36.0 Å². The van der Waals surface area contributed by atoms with Gasteiger partial charge < -0.3 is 15.0 Å². The Hall–Kier alpha value is -1.81. The molecule has 1 unspecified atom stereocenters. The number of aromatic nitrogens is 1.